The van der Waals surface area contributed by atoms with Crippen molar-refractivity contribution in [3.05, 3.63) is 35.9 Å². The van der Waals surface area contributed by atoms with Gasteiger partial charge in [-0.2, -0.15) is 0 Å². The fraction of sp³-hybridized carbons (Fsp3) is 0.611. The highest BCUT2D eigenvalue weighted by molar-refractivity contribution is 5.83. The number of rotatable bonds is 2. The molecule has 4 aliphatic carbocycles. The van der Waals surface area contributed by atoms with Crippen molar-refractivity contribution in [2.45, 2.75) is 44.6 Å². The van der Waals surface area contributed by atoms with Gasteiger partial charge < -0.3 is 5.11 Å². The minimum Gasteiger partial charge on any atom is -0.385 e. The van der Waals surface area contributed by atoms with Crippen molar-refractivity contribution in [3.8, 4) is 0 Å². The van der Waals surface area contributed by atoms with Gasteiger partial charge in [0, 0.05) is 5.41 Å². The van der Waals surface area contributed by atoms with E-state index in [0.717, 1.165) is 37.7 Å². The second-order valence-corrected chi connectivity index (χ2v) is 7.37. The molecule has 4 fully saturated rings. The van der Waals surface area contributed by atoms with Gasteiger partial charge in [0.05, 0.1) is 5.60 Å². The van der Waals surface area contributed by atoms with Crippen molar-refractivity contribution < 1.29 is 9.90 Å². The molecule has 1 aromatic carbocycles. The van der Waals surface area contributed by atoms with E-state index in [0.29, 0.717) is 11.7 Å². The first-order valence-corrected chi connectivity index (χ1v) is 7.83. The summed E-state index contributed by atoms with van der Waals surface area (Å²) in [6.45, 7) is 1.76. The zero-order valence-corrected chi connectivity index (χ0v) is 12.0. The Kier molecular flexibility index (Phi) is 2.48. The minimum absolute atomic E-state index is 0.114. The monoisotopic (exact) mass is 270 g/mol. The minimum atomic E-state index is -0.697. The molecule has 2 unspecified atom stereocenters. The van der Waals surface area contributed by atoms with Crippen LogP contribution in [-0.4, -0.2) is 10.9 Å². The average molecular weight is 270 g/mol. The Labute approximate surface area is 120 Å². The summed E-state index contributed by atoms with van der Waals surface area (Å²) in [7, 11) is 0. The molecule has 4 saturated carbocycles. The number of ketones is 1. The third kappa shape index (κ3) is 1.46. The lowest BCUT2D eigenvalue weighted by atomic mass is 9.43. The lowest BCUT2D eigenvalue weighted by molar-refractivity contribution is -0.207. The van der Waals surface area contributed by atoms with E-state index >= 15 is 0 Å². The van der Waals surface area contributed by atoms with Gasteiger partial charge in [0.1, 0.15) is 5.78 Å². The summed E-state index contributed by atoms with van der Waals surface area (Å²) in [5.41, 5.74) is 0.252. The molecule has 1 N–H and O–H groups in total. The van der Waals surface area contributed by atoms with Crippen LogP contribution in [0.2, 0.25) is 0 Å². The lowest BCUT2D eigenvalue weighted by Crippen LogP contribution is -2.60. The molecule has 0 heterocycles. The van der Waals surface area contributed by atoms with E-state index in [-0.39, 0.29) is 17.3 Å². The van der Waals surface area contributed by atoms with Crippen LogP contribution in [0.3, 0.4) is 0 Å². The highest BCUT2D eigenvalue weighted by Gasteiger charge is 2.63. The molecule has 106 valence electrons. The van der Waals surface area contributed by atoms with Gasteiger partial charge in [0.15, 0.2) is 0 Å². The summed E-state index contributed by atoms with van der Waals surface area (Å²) in [4.78, 5) is 12.2. The zero-order valence-electron chi connectivity index (χ0n) is 12.0. The maximum Gasteiger partial charge on any atom is 0.135 e. The van der Waals surface area contributed by atoms with E-state index in [1.54, 1.807) is 6.92 Å². The first-order valence-electron chi connectivity index (χ1n) is 7.83. The standard InChI is InChI=1S/C18H22O2/c1-12(19)17-9-13-7-15(10-17)18(20,16(8-13)11-17)14-5-3-2-4-6-14/h2-6,13,15-16,20H,7-11H2,1H3. The third-order valence-electron chi connectivity index (χ3n) is 6.42. The van der Waals surface area contributed by atoms with Gasteiger partial charge in [0.25, 0.3) is 0 Å². The van der Waals surface area contributed by atoms with Crippen LogP contribution in [-0.2, 0) is 10.4 Å². The molecule has 1 aromatic rings. The van der Waals surface area contributed by atoms with Crippen LogP contribution >= 0.6 is 0 Å². The van der Waals surface area contributed by atoms with Crippen LogP contribution in [0.15, 0.2) is 30.3 Å². The quantitative estimate of drug-likeness (QED) is 0.895. The molecule has 2 atom stereocenters. The van der Waals surface area contributed by atoms with Crippen LogP contribution in [0.5, 0.6) is 0 Å². The number of carbonyl (C=O) groups is 1. The Hall–Kier alpha value is -1.15. The predicted octanol–water partition coefficient (Wildman–Crippen LogP) is 3.29. The van der Waals surface area contributed by atoms with Crippen molar-refractivity contribution in [2.24, 2.45) is 23.2 Å². The molecule has 0 aromatic heterocycles. The van der Waals surface area contributed by atoms with Crippen molar-refractivity contribution in [3.63, 3.8) is 0 Å². The summed E-state index contributed by atoms with van der Waals surface area (Å²) >= 11 is 0. The summed E-state index contributed by atoms with van der Waals surface area (Å²) in [5.74, 6) is 1.53. The Morgan fingerprint density at radius 3 is 2.25 bits per heavy atom. The summed E-state index contributed by atoms with van der Waals surface area (Å²) < 4.78 is 0. The topological polar surface area (TPSA) is 37.3 Å². The number of hydrogen-bond donors (Lipinski definition) is 1. The molecule has 4 aliphatic rings. The van der Waals surface area contributed by atoms with Crippen molar-refractivity contribution >= 4 is 5.78 Å². The van der Waals surface area contributed by atoms with Gasteiger partial charge in [0.2, 0.25) is 0 Å². The van der Waals surface area contributed by atoms with E-state index in [2.05, 4.69) is 12.1 Å². The Bertz CT molecular complexity index is 532. The van der Waals surface area contributed by atoms with Gasteiger partial charge >= 0.3 is 0 Å². The summed E-state index contributed by atoms with van der Waals surface area (Å²) in [6.07, 6.45) is 5.04. The first-order chi connectivity index (χ1) is 9.54. The normalized spacial score (nSPS) is 45.6. The molecule has 0 amide bonds. The Morgan fingerprint density at radius 1 is 1.10 bits per heavy atom. The molecule has 20 heavy (non-hydrogen) atoms. The van der Waals surface area contributed by atoms with Gasteiger partial charge in [-0.15, -0.1) is 0 Å². The smallest absolute Gasteiger partial charge is 0.135 e. The largest absolute Gasteiger partial charge is 0.385 e. The van der Waals surface area contributed by atoms with Gasteiger partial charge in [-0.3, -0.25) is 4.79 Å². The van der Waals surface area contributed by atoms with E-state index in [9.17, 15) is 9.90 Å². The van der Waals surface area contributed by atoms with Crippen molar-refractivity contribution in [1.29, 1.82) is 0 Å². The maximum absolute atomic E-state index is 12.2. The Morgan fingerprint density at radius 2 is 1.70 bits per heavy atom. The summed E-state index contributed by atoms with van der Waals surface area (Å²) in [6, 6.07) is 10.1. The first kappa shape index (κ1) is 12.6. The molecule has 0 saturated heterocycles. The number of aliphatic hydroxyl groups is 1. The van der Waals surface area contributed by atoms with Gasteiger partial charge in [-0.25, -0.2) is 0 Å². The molecule has 0 radical (unpaired) electrons. The second-order valence-electron chi connectivity index (χ2n) is 7.37. The maximum atomic E-state index is 12.2. The van der Waals surface area contributed by atoms with Crippen LogP contribution < -0.4 is 0 Å². The number of hydrogen-bond acceptors (Lipinski definition) is 2. The second kappa shape index (κ2) is 3.94. The van der Waals surface area contributed by atoms with Crippen LogP contribution in [0, 0.1) is 23.2 Å². The van der Waals surface area contributed by atoms with E-state index < -0.39 is 5.60 Å². The molecule has 2 nitrogen and oxygen atoms in total. The molecule has 0 spiro atoms. The number of benzene rings is 1. The molecule has 0 aliphatic heterocycles. The highest BCUT2D eigenvalue weighted by Crippen LogP contribution is 2.66. The molecule has 5 rings (SSSR count). The van der Waals surface area contributed by atoms with Crippen LogP contribution in [0.25, 0.3) is 0 Å². The molecular weight excluding hydrogens is 248 g/mol. The highest BCUT2D eigenvalue weighted by atomic mass is 16.3. The SMILES string of the molecule is CC(=O)C12CC3CC(C1)C(O)(c1ccccc1)C(C3)C2. The summed E-state index contributed by atoms with van der Waals surface area (Å²) in [5, 5.41) is 11.4. The fourth-order valence-corrected chi connectivity index (χ4v) is 5.59. The number of carbonyl (C=O) groups excluding carboxylic acids is 1. The fourth-order valence-electron chi connectivity index (χ4n) is 5.59. The molecular formula is C18H22O2. The van der Waals surface area contributed by atoms with Crippen LogP contribution in [0.1, 0.15) is 44.6 Å². The predicted molar refractivity (Wildman–Crippen MR) is 77.0 cm³/mol. The lowest BCUT2D eigenvalue weighted by Gasteiger charge is -2.63. The van der Waals surface area contributed by atoms with E-state index in [1.165, 1.54) is 0 Å². The van der Waals surface area contributed by atoms with E-state index in [1.807, 2.05) is 18.2 Å². The van der Waals surface area contributed by atoms with Crippen molar-refractivity contribution in [2.75, 3.05) is 0 Å². The van der Waals surface area contributed by atoms with Gasteiger partial charge in [-0.1, -0.05) is 30.3 Å². The zero-order chi connectivity index (χ0) is 14.0. The molecule has 4 bridgehead atoms. The third-order valence-corrected chi connectivity index (χ3v) is 6.42. The van der Waals surface area contributed by atoms with Gasteiger partial charge in [-0.05, 0) is 62.3 Å². The van der Waals surface area contributed by atoms with Crippen LogP contribution in [0.4, 0.5) is 0 Å². The number of Topliss-reactive ketones (excluding diaryl/α,β-unsaturated/α-hetero) is 1. The average Bonchev–Trinajstić information content (AvgIpc) is 2.44. The van der Waals surface area contributed by atoms with E-state index in [4.69, 9.17) is 0 Å². The van der Waals surface area contributed by atoms with Crippen molar-refractivity contribution in [1.82, 2.24) is 0 Å². The Balaban J connectivity index is 1.78. The molecule has 2 heteroatoms.